The standard InChI is InChI=1S/C44H27N5O/c1-3-11-28(12-4-1)42-46-43(29-13-5-2-6-14-29)48-44(47-42)32-23-33(27-45-26-32)49-38-17-9-7-15-34(38)37-24-30(20-22-39(37)49)31-19-21-36-35-16-8-10-18-40(35)50-41(36)25-31/h1-27H. The summed E-state index contributed by atoms with van der Waals surface area (Å²) in [6.07, 6.45) is 3.72. The first-order chi connectivity index (χ1) is 24.8. The summed E-state index contributed by atoms with van der Waals surface area (Å²) in [5, 5.41) is 4.58. The zero-order chi connectivity index (χ0) is 33.0. The van der Waals surface area contributed by atoms with Gasteiger partial charge in [-0.2, -0.15) is 0 Å². The van der Waals surface area contributed by atoms with Gasteiger partial charge < -0.3 is 8.98 Å². The second kappa shape index (κ2) is 11.4. The van der Waals surface area contributed by atoms with Crippen LogP contribution in [0.4, 0.5) is 0 Å². The van der Waals surface area contributed by atoms with Crippen molar-refractivity contribution in [1.82, 2.24) is 24.5 Å². The maximum Gasteiger partial charge on any atom is 0.165 e. The summed E-state index contributed by atoms with van der Waals surface area (Å²) in [5.41, 5.74) is 9.79. The summed E-state index contributed by atoms with van der Waals surface area (Å²) in [6, 6.07) is 52.0. The highest BCUT2D eigenvalue weighted by Gasteiger charge is 2.17. The summed E-state index contributed by atoms with van der Waals surface area (Å²) in [6.45, 7) is 0. The predicted octanol–water partition coefficient (Wildman–Crippen LogP) is 10.9. The third-order valence-electron chi connectivity index (χ3n) is 9.32. The van der Waals surface area contributed by atoms with E-state index in [2.05, 4.69) is 77.4 Å². The van der Waals surface area contributed by atoms with Crippen LogP contribution in [0.2, 0.25) is 0 Å². The van der Waals surface area contributed by atoms with E-state index in [-0.39, 0.29) is 0 Å². The molecule has 6 heteroatoms. The number of nitrogens with zero attached hydrogens (tertiary/aromatic N) is 5. The molecule has 4 aromatic heterocycles. The fraction of sp³-hybridized carbons (Fsp3) is 0. The average Bonchev–Trinajstić information content (AvgIpc) is 3.73. The van der Waals surface area contributed by atoms with Gasteiger partial charge in [-0.1, -0.05) is 109 Å². The smallest absolute Gasteiger partial charge is 0.165 e. The van der Waals surface area contributed by atoms with Crippen molar-refractivity contribution in [3.63, 3.8) is 0 Å². The van der Waals surface area contributed by atoms with Crippen molar-refractivity contribution >= 4 is 43.7 Å². The Hall–Kier alpha value is -6.92. The van der Waals surface area contributed by atoms with Crippen LogP contribution in [0.25, 0.3) is 94.7 Å². The van der Waals surface area contributed by atoms with E-state index in [1.54, 1.807) is 0 Å². The van der Waals surface area contributed by atoms with Crippen LogP contribution in [0.1, 0.15) is 0 Å². The average molecular weight is 642 g/mol. The Labute approximate surface area is 287 Å². The first-order valence-electron chi connectivity index (χ1n) is 16.5. The second-order valence-electron chi connectivity index (χ2n) is 12.4. The third-order valence-corrected chi connectivity index (χ3v) is 9.32. The Morgan fingerprint density at radius 1 is 0.380 bits per heavy atom. The van der Waals surface area contributed by atoms with Gasteiger partial charge in [-0.25, -0.2) is 15.0 Å². The quantitative estimate of drug-likeness (QED) is 0.187. The Bertz CT molecular complexity index is 2820. The van der Waals surface area contributed by atoms with Gasteiger partial charge in [-0.3, -0.25) is 4.98 Å². The molecular formula is C44H27N5O. The van der Waals surface area contributed by atoms with E-state index in [4.69, 9.17) is 24.4 Å². The highest BCUT2D eigenvalue weighted by atomic mass is 16.3. The van der Waals surface area contributed by atoms with Crippen molar-refractivity contribution in [2.45, 2.75) is 0 Å². The van der Waals surface area contributed by atoms with E-state index in [0.29, 0.717) is 17.5 Å². The van der Waals surface area contributed by atoms with Gasteiger partial charge >= 0.3 is 0 Å². The zero-order valence-corrected chi connectivity index (χ0v) is 26.7. The molecule has 0 fully saturated rings. The SMILES string of the molecule is c1ccc(-c2nc(-c3ccccc3)nc(-c3cncc(-n4c5ccccc5c5cc(-c6ccc7c(c6)oc6ccccc67)ccc54)c3)n2)cc1. The van der Waals surface area contributed by atoms with Crippen LogP contribution in [0.15, 0.2) is 168 Å². The van der Waals surface area contributed by atoms with Gasteiger partial charge in [0.2, 0.25) is 0 Å². The molecule has 0 radical (unpaired) electrons. The molecule has 0 amide bonds. The van der Waals surface area contributed by atoms with Crippen LogP contribution in [0.5, 0.6) is 0 Å². The molecule has 10 aromatic rings. The minimum atomic E-state index is 0.566. The lowest BCUT2D eigenvalue weighted by atomic mass is 10.0. The topological polar surface area (TPSA) is 69.6 Å². The second-order valence-corrected chi connectivity index (χ2v) is 12.4. The van der Waals surface area contributed by atoms with Crippen molar-refractivity contribution in [2.75, 3.05) is 0 Å². The van der Waals surface area contributed by atoms with Gasteiger partial charge in [0.1, 0.15) is 11.2 Å². The number of benzene rings is 6. The molecular weight excluding hydrogens is 615 g/mol. The van der Waals surface area contributed by atoms with Gasteiger partial charge in [0.25, 0.3) is 0 Å². The Morgan fingerprint density at radius 3 is 1.72 bits per heavy atom. The molecule has 4 heterocycles. The van der Waals surface area contributed by atoms with E-state index in [1.807, 2.05) is 91.3 Å². The van der Waals surface area contributed by atoms with E-state index in [1.165, 1.54) is 0 Å². The zero-order valence-electron chi connectivity index (χ0n) is 26.7. The molecule has 0 saturated carbocycles. The van der Waals surface area contributed by atoms with Crippen molar-refractivity contribution in [1.29, 1.82) is 0 Å². The Kier molecular flexibility index (Phi) is 6.39. The number of hydrogen-bond acceptors (Lipinski definition) is 5. The lowest BCUT2D eigenvalue weighted by Crippen LogP contribution is -2.01. The maximum absolute atomic E-state index is 6.22. The third kappa shape index (κ3) is 4.65. The fourth-order valence-corrected chi connectivity index (χ4v) is 6.95. The maximum atomic E-state index is 6.22. The van der Waals surface area contributed by atoms with Gasteiger partial charge in [-0.05, 0) is 53.6 Å². The van der Waals surface area contributed by atoms with Crippen molar-refractivity contribution in [3.8, 4) is 51.0 Å². The Balaban J connectivity index is 1.11. The molecule has 0 aliphatic rings. The van der Waals surface area contributed by atoms with E-state index in [9.17, 15) is 0 Å². The lowest BCUT2D eigenvalue weighted by Gasteiger charge is -2.11. The molecule has 0 atom stereocenters. The number of para-hydroxylation sites is 2. The molecule has 50 heavy (non-hydrogen) atoms. The molecule has 0 bridgehead atoms. The minimum absolute atomic E-state index is 0.566. The molecule has 6 nitrogen and oxygen atoms in total. The summed E-state index contributed by atoms with van der Waals surface area (Å²) in [5.74, 6) is 1.80. The van der Waals surface area contributed by atoms with E-state index >= 15 is 0 Å². The molecule has 10 rings (SSSR count). The van der Waals surface area contributed by atoms with Gasteiger partial charge in [0, 0.05) is 44.4 Å². The largest absolute Gasteiger partial charge is 0.456 e. The Morgan fingerprint density at radius 2 is 0.960 bits per heavy atom. The molecule has 0 aliphatic heterocycles. The van der Waals surface area contributed by atoms with Crippen LogP contribution < -0.4 is 0 Å². The first kappa shape index (κ1) is 28.1. The van der Waals surface area contributed by atoms with Gasteiger partial charge in [-0.15, -0.1) is 0 Å². The van der Waals surface area contributed by atoms with Crippen molar-refractivity contribution in [3.05, 3.63) is 164 Å². The predicted molar refractivity (Wildman–Crippen MR) is 201 cm³/mol. The first-order valence-corrected chi connectivity index (χ1v) is 16.5. The van der Waals surface area contributed by atoms with Crippen molar-refractivity contribution < 1.29 is 4.42 Å². The number of fused-ring (bicyclic) bond motifs is 6. The van der Waals surface area contributed by atoms with Crippen LogP contribution in [-0.2, 0) is 0 Å². The molecule has 0 aliphatic carbocycles. The molecule has 0 saturated heterocycles. The highest BCUT2D eigenvalue weighted by Crippen LogP contribution is 2.37. The number of furan rings is 1. The van der Waals surface area contributed by atoms with Gasteiger partial charge in [0.05, 0.1) is 22.9 Å². The summed E-state index contributed by atoms with van der Waals surface area (Å²) >= 11 is 0. The summed E-state index contributed by atoms with van der Waals surface area (Å²) in [7, 11) is 0. The molecule has 6 aromatic carbocycles. The fourth-order valence-electron chi connectivity index (χ4n) is 6.95. The normalized spacial score (nSPS) is 11.6. The van der Waals surface area contributed by atoms with Crippen LogP contribution in [0, 0.1) is 0 Å². The molecule has 0 N–H and O–H groups in total. The summed E-state index contributed by atoms with van der Waals surface area (Å²) < 4.78 is 8.49. The van der Waals surface area contributed by atoms with E-state index < -0.39 is 0 Å². The summed E-state index contributed by atoms with van der Waals surface area (Å²) in [4.78, 5) is 19.5. The molecule has 0 unspecified atom stereocenters. The van der Waals surface area contributed by atoms with Crippen LogP contribution in [-0.4, -0.2) is 24.5 Å². The van der Waals surface area contributed by atoms with Crippen LogP contribution in [0.3, 0.4) is 0 Å². The van der Waals surface area contributed by atoms with Crippen molar-refractivity contribution in [2.24, 2.45) is 0 Å². The van der Waals surface area contributed by atoms with Crippen LogP contribution >= 0.6 is 0 Å². The number of aromatic nitrogens is 5. The number of rotatable bonds is 5. The monoisotopic (exact) mass is 641 g/mol. The molecule has 234 valence electrons. The van der Waals surface area contributed by atoms with Gasteiger partial charge in [0.15, 0.2) is 17.5 Å². The van der Waals surface area contributed by atoms with E-state index in [0.717, 1.165) is 77.2 Å². The molecule has 0 spiro atoms. The highest BCUT2D eigenvalue weighted by molar-refractivity contribution is 6.11. The number of pyridine rings is 1. The minimum Gasteiger partial charge on any atom is -0.456 e. The number of hydrogen-bond donors (Lipinski definition) is 0. The lowest BCUT2D eigenvalue weighted by molar-refractivity contribution is 0.669.